The number of benzene rings is 1. The molecule has 0 heterocycles. The lowest BCUT2D eigenvalue weighted by molar-refractivity contribution is -0.139. The number of nitrogens with one attached hydrogen (secondary N) is 1. The Bertz CT molecular complexity index is 613. The van der Waals surface area contributed by atoms with Gasteiger partial charge in [-0.1, -0.05) is 58.9 Å². The van der Waals surface area contributed by atoms with Crippen LogP contribution in [0.3, 0.4) is 0 Å². The number of rotatable bonds is 7. The van der Waals surface area contributed by atoms with Crippen LogP contribution in [0.4, 0.5) is 0 Å². The molecule has 0 aliphatic rings. The van der Waals surface area contributed by atoms with Gasteiger partial charge in [0.05, 0.1) is 10.0 Å². The molecular formula is C12H14BrCl2NO4S. The van der Waals surface area contributed by atoms with Gasteiger partial charge in [-0.3, -0.25) is 4.79 Å². The van der Waals surface area contributed by atoms with E-state index in [2.05, 4.69) is 20.7 Å². The molecule has 0 radical (unpaired) electrons. The van der Waals surface area contributed by atoms with Crippen molar-refractivity contribution in [2.24, 2.45) is 0 Å². The van der Waals surface area contributed by atoms with Gasteiger partial charge in [0.15, 0.2) is 0 Å². The van der Waals surface area contributed by atoms with E-state index in [1.165, 1.54) is 12.1 Å². The molecule has 1 aromatic carbocycles. The number of aliphatic carboxylic acids is 1. The zero-order chi connectivity index (χ0) is 16.2. The highest BCUT2D eigenvalue weighted by atomic mass is 79.9. The number of sulfonamides is 1. The summed E-state index contributed by atoms with van der Waals surface area (Å²) in [6.45, 7) is 1.88. The van der Waals surface area contributed by atoms with Gasteiger partial charge in [-0.15, -0.1) is 0 Å². The molecule has 1 unspecified atom stereocenters. The van der Waals surface area contributed by atoms with Crippen LogP contribution in [0.25, 0.3) is 0 Å². The minimum atomic E-state index is -4.13. The molecule has 1 atom stereocenters. The average molecular weight is 419 g/mol. The second-order valence-corrected chi connectivity index (χ2v) is 7.73. The maximum atomic E-state index is 12.3. The summed E-state index contributed by atoms with van der Waals surface area (Å²) >= 11 is 15.0. The van der Waals surface area contributed by atoms with Crippen LogP contribution < -0.4 is 4.72 Å². The Morgan fingerprint density at radius 2 is 1.90 bits per heavy atom. The summed E-state index contributed by atoms with van der Waals surface area (Å²) in [4.78, 5) is 10.8. The molecule has 1 aromatic rings. The zero-order valence-electron chi connectivity index (χ0n) is 11.1. The highest BCUT2D eigenvalue weighted by Crippen LogP contribution is 2.32. The Morgan fingerprint density at radius 1 is 1.38 bits per heavy atom. The Labute approximate surface area is 141 Å². The summed E-state index contributed by atoms with van der Waals surface area (Å²) < 4.78 is 27.3. The third-order valence-electron chi connectivity index (χ3n) is 2.67. The quantitative estimate of drug-likeness (QED) is 0.707. The molecule has 118 valence electrons. The number of hydrogen-bond acceptors (Lipinski definition) is 3. The average Bonchev–Trinajstić information content (AvgIpc) is 2.32. The lowest BCUT2D eigenvalue weighted by atomic mass is 10.1. The number of halogens is 3. The molecule has 0 fully saturated rings. The van der Waals surface area contributed by atoms with E-state index in [1.807, 2.05) is 6.92 Å². The predicted molar refractivity (Wildman–Crippen MR) is 85.4 cm³/mol. The topological polar surface area (TPSA) is 83.5 Å². The van der Waals surface area contributed by atoms with Crippen molar-refractivity contribution in [3.8, 4) is 0 Å². The second kappa shape index (κ2) is 7.78. The van der Waals surface area contributed by atoms with E-state index in [1.54, 1.807) is 0 Å². The van der Waals surface area contributed by atoms with Gasteiger partial charge < -0.3 is 5.11 Å². The SMILES string of the molecule is CCCCC(NS(=O)(=O)c1c(Cl)cc(Br)cc1Cl)C(=O)O. The summed E-state index contributed by atoms with van der Waals surface area (Å²) in [7, 11) is -4.13. The molecule has 0 saturated heterocycles. The van der Waals surface area contributed by atoms with Crippen molar-refractivity contribution in [2.75, 3.05) is 0 Å². The molecule has 1 rings (SSSR count). The number of unbranched alkanes of at least 4 members (excludes halogenated alkanes) is 1. The van der Waals surface area contributed by atoms with Crippen molar-refractivity contribution < 1.29 is 18.3 Å². The Kier molecular flexibility index (Phi) is 6.93. The van der Waals surface area contributed by atoms with Crippen LogP contribution >= 0.6 is 39.1 Å². The molecule has 0 bridgehead atoms. The van der Waals surface area contributed by atoms with Crippen LogP contribution in [0.1, 0.15) is 26.2 Å². The van der Waals surface area contributed by atoms with E-state index in [-0.39, 0.29) is 21.4 Å². The molecule has 0 saturated carbocycles. The minimum Gasteiger partial charge on any atom is -0.480 e. The van der Waals surface area contributed by atoms with Gasteiger partial charge in [0.2, 0.25) is 10.0 Å². The number of carboxylic acid groups (broad SMARTS) is 1. The van der Waals surface area contributed by atoms with E-state index in [0.29, 0.717) is 10.9 Å². The Morgan fingerprint density at radius 3 is 2.33 bits per heavy atom. The normalized spacial score (nSPS) is 13.1. The van der Waals surface area contributed by atoms with E-state index < -0.39 is 22.0 Å². The third kappa shape index (κ3) is 5.10. The number of carbonyl (C=O) groups is 1. The summed E-state index contributed by atoms with van der Waals surface area (Å²) in [6.07, 6.45) is 1.53. The molecule has 2 N–H and O–H groups in total. The lowest BCUT2D eigenvalue weighted by Crippen LogP contribution is -2.40. The fraction of sp³-hybridized carbons (Fsp3) is 0.417. The van der Waals surface area contributed by atoms with E-state index in [0.717, 1.165) is 6.42 Å². The maximum absolute atomic E-state index is 12.3. The first kappa shape index (κ1) is 18.7. The van der Waals surface area contributed by atoms with E-state index in [4.69, 9.17) is 28.3 Å². The van der Waals surface area contributed by atoms with Crippen LogP contribution in [0.15, 0.2) is 21.5 Å². The molecule has 0 amide bonds. The predicted octanol–water partition coefficient (Wildman–Crippen LogP) is 3.68. The fourth-order valence-electron chi connectivity index (χ4n) is 1.67. The third-order valence-corrected chi connectivity index (χ3v) is 5.52. The van der Waals surface area contributed by atoms with Crippen molar-refractivity contribution in [1.29, 1.82) is 0 Å². The molecule has 9 heteroatoms. The summed E-state index contributed by atoms with van der Waals surface area (Å²) in [5, 5.41) is 8.93. The summed E-state index contributed by atoms with van der Waals surface area (Å²) in [5.74, 6) is -1.24. The van der Waals surface area contributed by atoms with Gasteiger partial charge in [0.25, 0.3) is 0 Å². The zero-order valence-corrected chi connectivity index (χ0v) is 15.0. The van der Waals surface area contributed by atoms with Gasteiger partial charge >= 0.3 is 5.97 Å². The van der Waals surface area contributed by atoms with Crippen LogP contribution in [-0.2, 0) is 14.8 Å². The minimum absolute atomic E-state index is 0.0819. The van der Waals surface area contributed by atoms with Crippen LogP contribution in [0, 0.1) is 0 Å². The molecular weight excluding hydrogens is 405 g/mol. The summed E-state index contributed by atoms with van der Waals surface area (Å²) in [6, 6.07) is 1.54. The van der Waals surface area contributed by atoms with Crippen LogP contribution in [0.5, 0.6) is 0 Å². The molecule has 0 aliphatic carbocycles. The van der Waals surface area contributed by atoms with Crippen molar-refractivity contribution in [2.45, 2.75) is 37.1 Å². The first-order chi connectivity index (χ1) is 9.69. The maximum Gasteiger partial charge on any atom is 0.321 e. The van der Waals surface area contributed by atoms with Crippen molar-refractivity contribution >= 4 is 55.1 Å². The first-order valence-corrected chi connectivity index (χ1v) is 9.12. The molecule has 21 heavy (non-hydrogen) atoms. The van der Waals surface area contributed by atoms with Crippen molar-refractivity contribution in [3.05, 3.63) is 26.7 Å². The van der Waals surface area contributed by atoms with Gasteiger partial charge in [0, 0.05) is 4.47 Å². The number of hydrogen-bond donors (Lipinski definition) is 2. The molecule has 5 nitrogen and oxygen atoms in total. The molecule has 0 aliphatic heterocycles. The first-order valence-electron chi connectivity index (χ1n) is 6.08. The van der Waals surface area contributed by atoms with Gasteiger partial charge in [-0.25, -0.2) is 8.42 Å². The van der Waals surface area contributed by atoms with Crippen LogP contribution in [0.2, 0.25) is 10.0 Å². The number of carboxylic acids is 1. The largest absolute Gasteiger partial charge is 0.480 e. The molecule has 0 spiro atoms. The van der Waals surface area contributed by atoms with Gasteiger partial charge in [-0.2, -0.15) is 4.72 Å². The fourth-order valence-corrected chi connectivity index (χ4v) is 4.83. The lowest BCUT2D eigenvalue weighted by Gasteiger charge is -2.16. The molecule has 0 aromatic heterocycles. The Hall–Kier alpha value is -0.340. The van der Waals surface area contributed by atoms with Crippen molar-refractivity contribution in [3.63, 3.8) is 0 Å². The summed E-state index contributed by atoms with van der Waals surface area (Å²) in [5.41, 5.74) is 0. The van der Waals surface area contributed by atoms with Gasteiger partial charge in [-0.05, 0) is 18.6 Å². The Balaban J connectivity index is 3.14. The van der Waals surface area contributed by atoms with Crippen LogP contribution in [-0.4, -0.2) is 25.5 Å². The van der Waals surface area contributed by atoms with Gasteiger partial charge in [0.1, 0.15) is 10.9 Å². The van der Waals surface area contributed by atoms with E-state index in [9.17, 15) is 13.2 Å². The highest BCUT2D eigenvalue weighted by Gasteiger charge is 2.28. The highest BCUT2D eigenvalue weighted by molar-refractivity contribution is 9.10. The monoisotopic (exact) mass is 417 g/mol. The van der Waals surface area contributed by atoms with Crippen molar-refractivity contribution in [1.82, 2.24) is 4.72 Å². The smallest absolute Gasteiger partial charge is 0.321 e. The second-order valence-electron chi connectivity index (χ2n) is 4.35. The van der Waals surface area contributed by atoms with E-state index >= 15 is 0 Å². The standard InChI is InChI=1S/C12H14BrCl2NO4S/c1-2-3-4-10(12(17)18)16-21(19,20)11-8(14)5-7(13)6-9(11)15/h5-6,10,16H,2-4H2,1H3,(H,17,18).